The summed E-state index contributed by atoms with van der Waals surface area (Å²) in [6.45, 7) is 14.0. The van der Waals surface area contributed by atoms with E-state index in [1.807, 2.05) is 12.1 Å². The predicted octanol–water partition coefficient (Wildman–Crippen LogP) is 9.14. The number of fused-ring (bicyclic) bond motifs is 1. The number of anilines is 1. The predicted molar refractivity (Wildman–Crippen MR) is 156 cm³/mol. The van der Waals surface area contributed by atoms with Crippen LogP contribution in [0.2, 0.25) is 0 Å². The van der Waals surface area contributed by atoms with Crippen LogP contribution in [0.4, 0.5) is 5.69 Å². The van der Waals surface area contributed by atoms with E-state index in [0.29, 0.717) is 0 Å². The SMILES string of the molecule is CC(C)[C@@H]1[CH]C[C@@H](C)CC1.CC(C)[C@@H]1[CH]C[C@@H](C)CC1.CN(C)c1cccc2ccc[c]c12.[HH].[Sn]. The molecule has 1 nitrogen and oxygen atoms in total. The molecule has 2 heteroatoms. The van der Waals surface area contributed by atoms with Gasteiger partial charge in [0.05, 0.1) is 0 Å². The van der Waals surface area contributed by atoms with Crippen LogP contribution in [-0.2, 0) is 0 Å². The topological polar surface area (TPSA) is 3.24 Å². The molecule has 2 aliphatic carbocycles. The van der Waals surface area contributed by atoms with Gasteiger partial charge in [-0.2, -0.15) is 0 Å². The number of hydrogen-bond donors (Lipinski definition) is 0. The molecule has 2 saturated carbocycles. The fourth-order valence-electron chi connectivity index (χ4n) is 4.96. The monoisotopic (exact) mass is 570 g/mol. The first-order chi connectivity index (χ1) is 15.7. The molecule has 0 saturated heterocycles. The maximum atomic E-state index is 3.26. The summed E-state index contributed by atoms with van der Waals surface area (Å²) in [5.41, 5.74) is 1.22. The van der Waals surface area contributed by atoms with Gasteiger partial charge in [0.2, 0.25) is 0 Å². The minimum atomic E-state index is 0. The van der Waals surface area contributed by atoms with E-state index in [1.54, 1.807) is 0 Å². The first-order valence-corrected chi connectivity index (χ1v) is 13.4. The van der Waals surface area contributed by atoms with Crippen molar-refractivity contribution in [3.63, 3.8) is 0 Å². The van der Waals surface area contributed by atoms with Gasteiger partial charge in [-0.05, 0) is 91.6 Å². The summed E-state index contributed by atoms with van der Waals surface area (Å²) in [4.78, 5) is 2.11. The van der Waals surface area contributed by atoms with Crippen molar-refractivity contribution in [2.24, 2.45) is 35.5 Å². The summed E-state index contributed by atoms with van der Waals surface area (Å²) in [7, 11) is 4.10. The van der Waals surface area contributed by atoms with Gasteiger partial charge in [0.25, 0.3) is 0 Å². The van der Waals surface area contributed by atoms with Gasteiger partial charge in [0.1, 0.15) is 0 Å². The third kappa shape index (κ3) is 10.5. The normalized spacial score (nSPS) is 24.4. The molecule has 2 fully saturated rings. The Labute approximate surface area is 230 Å². The second-order valence-electron chi connectivity index (χ2n) is 11.4. The van der Waals surface area contributed by atoms with Crippen LogP contribution in [0.15, 0.2) is 36.4 Å². The number of benzene rings is 2. The smallest absolute Gasteiger partial charge is 0.0447 e. The van der Waals surface area contributed by atoms with Crippen LogP contribution < -0.4 is 4.90 Å². The fourth-order valence-corrected chi connectivity index (χ4v) is 4.96. The van der Waals surface area contributed by atoms with Crippen LogP contribution >= 0.6 is 0 Å². The Morgan fingerprint density at radius 1 is 0.794 bits per heavy atom. The summed E-state index contributed by atoms with van der Waals surface area (Å²) >= 11 is 0. The van der Waals surface area contributed by atoms with Crippen molar-refractivity contribution in [1.29, 1.82) is 0 Å². The van der Waals surface area contributed by atoms with Crippen LogP contribution in [0.3, 0.4) is 0 Å². The maximum absolute atomic E-state index is 3.26. The van der Waals surface area contributed by atoms with E-state index in [9.17, 15) is 0 Å². The summed E-state index contributed by atoms with van der Waals surface area (Å²) in [6.07, 6.45) is 13.5. The standard InChI is InChI=1S/C12H12N.2C10H19.Sn.H2/c1-13(2)12-9-5-7-10-6-3-4-8-11(10)12;2*1-8(2)10-6-4-9(3)5-7-10;;/h3-7,9H,1-2H3;2*6,8-10H,4-5,7H2,1-3H3;;1H/t;2*9-,10-;;/m.11../s1. The van der Waals surface area contributed by atoms with E-state index < -0.39 is 0 Å². The Morgan fingerprint density at radius 2 is 1.29 bits per heavy atom. The Hall–Kier alpha value is -0.701. The van der Waals surface area contributed by atoms with E-state index in [1.165, 1.54) is 55.0 Å². The quantitative estimate of drug-likeness (QED) is 0.333. The molecule has 2 aromatic rings. The molecule has 34 heavy (non-hydrogen) atoms. The van der Waals surface area contributed by atoms with Crippen molar-refractivity contribution in [3.05, 3.63) is 55.3 Å². The van der Waals surface area contributed by atoms with Gasteiger partial charge in [-0.15, -0.1) is 0 Å². The molecule has 0 spiro atoms. The third-order valence-corrected chi connectivity index (χ3v) is 7.54. The van der Waals surface area contributed by atoms with E-state index in [0.717, 1.165) is 35.5 Å². The number of nitrogens with zero attached hydrogens (tertiary/aromatic N) is 1. The molecule has 0 unspecified atom stereocenters. The van der Waals surface area contributed by atoms with Crippen LogP contribution in [0.1, 0.15) is 81.5 Å². The molecule has 7 radical (unpaired) electrons. The van der Waals surface area contributed by atoms with E-state index in [-0.39, 0.29) is 25.3 Å². The van der Waals surface area contributed by atoms with Crippen molar-refractivity contribution in [2.45, 2.75) is 80.1 Å². The summed E-state index contributed by atoms with van der Waals surface area (Å²) in [6, 6.07) is 15.6. The third-order valence-electron chi connectivity index (χ3n) is 7.54. The van der Waals surface area contributed by atoms with Gasteiger partial charge in [0.15, 0.2) is 0 Å². The van der Waals surface area contributed by atoms with Gasteiger partial charge in [-0.3, -0.25) is 0 Å². The molecule has 4 atom stereocenters. The van der Waals surface area contributed by atoms with Crippen molar-refractivity contribution < 1.29 is 1.43 Å². The molecule has 0 N–H and O–H groups in total. The molecule has 0 aliphatic heterocycles. The average Bonchev–Trinajstić information content (AvgIpc) is 2.80. The minimum absolute atomic E-state index is 0. The second-order valence-corrected chi connectivity index (χ2v) is 11.4. The molecule has 4 rings (SSSR count). The summed E-state index contributed by atoms with van der Waals surface area (Å²) < 4.78 is 0. The Balaban J connectivity index is 0.000000488. The molecule has 2 aromatic carbocycles. The van der Waals surface area contributed by atoms with Crippen molar-refractivity contribution in [2.75, 3.05) is 19.0 Å². The van der Waals surface area contributed by atoms with E-state index >= 15 is 0 Å². The average molecular weight is 569 g/mol. The molecule has 2 aliphatic rings. The Morgan fingerprint density at radius 3 is 1.71 bits per heavy atom. The molecular formula is C32H52NSn. The van der Waals surface area contributed by atoms with E-state index in [4.69, 9.17) is 0 Å². The summed E-state index contributed by atoms with van der Waals surface area (Å²) in [5, 5.41) is 2.43. The van der Waals surface area contributed by atoms with Crippen LogP contribution in [0.25, 0.3) is 10.8 Å². The fraction of sp³-hybridized carbons (Fsp3) is 0.625. The Bertz CT molecular complexity index is 756. The molecule has 0 heterocycles. The molecule has 0 bridgehead atoms. The van der Waals surface area contributed by atoms with Crippen LogP contribution in [0, 0.1) is 54.4 Å². The summed E-state index contributed by atoms with van der Waals surface area (Å²) in [5.74, 6) is 5.47. The van der Waals surface area contributed by atoms with Crippen LogP contribution in [0.5, 0.6) is 0 Å². The van der Waals surface area contributed by atoms with Gasteiger partial charge < -0.3 is 4.90 Å². The molecule has 0 amide bonds. The second kappa shape index (κ2) is 16.1. The number of rotatable bonds is 3. The Kier molecular flexibility index (Phi) is 14.9. The zero-order chi connectivity index (χ0) is 24.4. The first-order valence-electron chi connectivity index (χ1n) is 13.4. The van der Waals surface area contributed by atoms with Crippen molar-refractivity contribution >= 4 is 40.4 Å². The van der Waals surface area contributed by atoms with E-state index in [2.05, 4.69) is 104 Å². The maximum Gasteiger partial charge on any atom is 0.0447 e. The van der Waals surface area contributed by atoms with Crippen molar-refractivity contribution in [3.8, 4) is 0 Å². The van der Waals surface area contributed by atoms with Crippen LogP contribution in [-0.4, -0.2) is 38.0 Å². The van der Waals surface area contributed by atoms with Gasteiger partial charge >= 0.3 is 0 Å². The first kappa shape index (κ1) is 31.3. The molecule has 0 aromatic heterocycles. The molecule has 189 valence electrons. The van der Waals surface area contributed by atoms with Gasteiger partial charge in [-0.25, -0.2) is 0 Å². The van der Waals surface area contributed by atoms with Gasteiger partial charge in [0, 0.05) is 50.5 Å². The number of hydrogen-bond acceptors (Lipinski definition) is 1. The van der Waals surface area contributed by atoms with Crippen molar-refractivity contribution in [1.82, 2.24) is 0 Å². The zero-order valence-corrected chi connectivity index (χ0v) is 26.1. The minimum Gasteiger partial charge on any atom is -0.377 e. The largest absolute Gasteiger partial charge is 0.377 e. The van der Waals surface area contributed by atoms with Gasteiger partial charge in [-0.1, -0.05) is 84.7 Å². The zero-order valence-electron chi connectivity index (χ0n) is 23.3. The molecular weight excluding hydrogens is 517 g/mol.